The highest BCUT2D eigenvalue weighted by molar-refractivity contribution is 6.04. The fourth-order valence-electron chi connectivity index (χ4n) is 1.96. The highest BCUT2D eigenvalue weighted by Crippen LogP contribution is 2.37. The van der Waals surface area contributed by atoms with Crippen LogP contribution in [0.15, 0.2) is 24.3 Å². The third-order valence-corrected chi connectivity index (χ3v) is 2.82. The lowest BCUT2D eigenvalue weighted by Gasteiger charge is -2.03. The van der Waals surface area contributed by atoms with Gasteiger partial charge in [-0.15, -0.1) is 0 Å². The maximum atomic E-state index is 11.0. The lowest BCUT2D eigenvalue weighted by atomic mass is 10.0. The summed E-state index contributed by atoms with van der Waals surface area (Å²) in [6.07, 6.45) is 0.131. The van der Waals surface area contributed by atoms with E-state index in [1.165, 1.54) is 0 Å². The van der Waals surface area contributed by atoms with Gasteiger partial charge in [-0.25, -0.2) is 0 Å². The van der Waals surface area contributed by atoms with Crippen LogP contribution in [0.4, 0.5) is 17.1 Å². The number of carbonyl (C=O) groups is 1. The van der Waals surface area contributed by atoms with Gasteiger partial charge in [-0.2, -0.15) is 0 Å². The molecular formula is C11H5N3O7. The Morgan fingerprint density at radius 2 is 1.52 bits per heavy atom. The molecule has 0 amide bonds. The number of non-ortho nitro benzene ring substituents is 2. The molecule has 10 heteroatoms. The summed E-state index contributed by atoms with van der Waals surface area (Å²) in [5, 5.41) is 32.3. The van der Waals surface area contributed by atoms with E-state index in [4.69, 9.17) is 0 Å². The van der Waals surface area contributed by atoms with Crippen LogP contribution in [0, 0.1) is 30.3 Å². The van der Waals surface area contributed by atoms with Gasteiger partial charge >= 0.3 is 0 Å². The smallest absolute Gasteiger partial charge is 0.288 e. The minimum absolute atomic E-state index is 0.131. The minimum atomic E-state index is -0.859. The second-order valence-electron chi connectivity index (χ2n) is 3.95. The topological polar surface area (TPSA) is 146 Å². The number of aldehydes is 1. The van der Waals surface area contributed by atoms with Crippen LogP contribution in [0.5, 0.6) is 0 Å². The largest absolute Gasteiger partial charge is 0.298 e. The summed E-state index contributed by atoms with van der Waals surface area (Å²) in [4.78, 5) is 41.1. The van der Waals surface area contributed by atoms with Crippen LogP contribution < -0.4 is 0 Å². The van der Waals surface area contributed by atoms with Crippen molar-refractivity contribution in [1.29, 1.82) is 0 Å². The van der Waals surface area contributed by atoms with E-state index in [0.717, 1.165) is 24.3 Å². The Bertz CT molecular complexity index is 815. The molecule has 0 radical (unpaired) electrons. The molecule has 2 aromatic rings. The number of hydrogen-bond donors (Lipinski definition) is 0. The van der Waals surface area contributed by atoms with Crippen molar-refractivity contribution in [2.24, 2.45) is 0 Å². The monoisotopic (exact) mass is 291 g/mol. The van der Waals surface area contributed by atoms with Gasteiger partial charge in [0.05, 0.1) is 31.1 Å². The van der Waals surface area contributed by atoms with Gasteiger partial charge in [0.1, 0.15) is 0 Å². The van der Waals surface area contributed by atoms with E-state index in [1.54, 1.807) is 0 Å². The summed E-state index contributed by atoms with van der Waals surface area (Å²) in [5.74, 6) is 0. The maximum Gasteiger partial charge on any atom is 0.288 e. The summed E-state index contributed by atoms with van der Waals surface area (Å²) in [5.41, 5.74) is -2.14. The molecular weight excluding hydrogens is 286 g/mol. The molecule has 0 saturated heterocycles. The first-order valence-electron chi connectivity index (χ1n) is 5.36. The van der Waals surface area contributed by atoms with E-state index in [9.17, 15) is 35.1 Å². The molecule has 0 saturated carbocycles. The summed E-state index contributed by atoms with van der Waals surface area (Å²) >= 11 is 0. The molecule has 0 aliphatic rings. The van der Waals surface area contributed by atoms with E-state index in [0.29, 0.717) is 0 Å². The van der Waals surface area contributed by atoms with E-state index >= 15 is 0 Å². The quantitative estimate of drug-likeness (QED) is 0.477. The van der Waals surface area contributed by atoms with Gasteiger partial charge in [0.25, 0.3) is 17.1 Å². The van der Waals surface area contributed by atoms with Crippen LogP contribution in [0.1, 0.15) is 10.4 Å². The normalized spacial score (nSPS) is 10.3. The number of carbonyl (C=O) groups excluding carboxylic acids is 1. The Kier molecular flexibility index (Phi) is 3.28. The zero-order valence-electron chi connectivity index (χ0n) is 10.1. The molecule has 0 aliphatic carbocycles. The molecule has 0 heterocycles. The Labute approximate surface area is 115 Å². The Hall–Kier alpha value is -3.43. The Morgan fingerprint density at radius 1 is 0.857 bits per heavy atom. The van der Waals surface area contributed by atoms with Crippen LogP contribution in [0.2, 0.25) is 0 Å². The number of fused-ring (bicyclic) bond motifs is 1. The summed E-state index contributed by atoms with van der Waals surface area (Å²) in [6.45, 7) is 0. The molecule has 2 rings (SSSR count). The third kappa shape index (κ3) is 2.25. The van der Waals surface area contributed by atoms with Crippen LogP contribution in [0.25, 0.3) is 10.8 Å². The van der Waals surface area contributed by atoms with Gasteiger partial charge in [-0.1, -0.05) is 0 Å². The molecule has 0 atom stereocenters. The summed E-state index contributed by atoms with van der Waals surface area (Å²) in [6, 6.07) is 3.60. The second-order valence-corrected chi connectivity index (χ2v) is 3.95. The van der Waals surface area contributed by atoms with Crippen LogP contribution in [-0.4, -0.2) is 21.1 Å². The van der Waals surface area contributed by atoms with Gasteiger partial charge in [-0.3, -0.25) is 35.1 Å². The van der Waals surface area contributed by atoms with E-state index < -0.39 is 37.4 Å². The Balaban J connectivity index is 3.01. The summed E-state index contributed by atoms with van der Waals surface area (Å²) < 4.78 is 0. The third-order valence-electron chi connectivity index (χ3n) is 2.82. The van der Waals surface area contributed by atoms with Gasteiger partial charge in [0.15, 0.2) is 6.29 Å². The summed E-state index contributed by atoms with van der Waals surface area (Å²) in [7, 11) is 0. The second kappa shape index (κ2) is 4.92. The van der Waals surface area contributed by atoms with Crippen LogP contribution in [0.3, 0.4) is 0 Å². The van der Waals surface area contributed by atoms with Crippen molar-refractivity contribution in [1.82, 2.24) is 0 Å². The molecule has 10 nitrogen and oxygen atoms in total. The van der Waals surface area contributed by atoms with Crippen molar-refractivity contribution in [2.45, 2.75) is 0 Å². The predicted octanol–water partition coefficient (Wildman–Crippen LogP) is 2.38. The van der Waals surface area contributed by atoms with Crippen molar-refractivity contribution in [2.75, 3.05) is 0 Å². The van der Waals surface area contributed by atoms with Gasteiger partial charge in [-0.05, 0) is 6.07 Å². The average molecular weight is 291 g/mol. The van der Waals surface area contributed by atoms with E-state index in [2.05, 4.69) is 0 Å². The predicted molar refractivity (Wildman–Crippen MR) is 69.3 cm³/mol. The fourth-order valence-corrected chi connectivity index (χ4v) is 1.96. The molecule has 21 heavy (non-hydrogen) atoms. The SMILES string of the molecule is O=Cc1cc([N+](=O)[O-])c2cc([N+](=O)[O-])ccc2c1[N+](=O)[O-]. The number of nitrogens with zero attached hydrogens (tertiary/aromatic N) is 3. The van der Waals surface area contributed by atoms with Crippen LogP contribution in [-0.2, 0) is 0 Å². The molecule has 0 bridgehead atoms. The van der Waals surface area contributed by atoms with Crippen molar-refractivity contribution in [3.05, 3.63) is 60.2 Å². The maximum absolute atomic E-state index is 11.0. The lowest BCUT2D eigenvalue weighted by Crippen LogP contribution is -2.00. The van der Waals surface area contributed by atoms with Crippen molar-refractivity contribution in [3.8, 4) is 0 Å². The first-order chi connectivity index (χ1) is 9.86. The minimum Gasteiger partial charge on any atom is -0.298 e. The first-order valence-corrected chi connectivity index (χ1v) is 5.36. The zero-order valence-corrected chi connectivity index (χ0v) is 10.1. The molecule has 106 valence electrons. The van der Waals surface area contributed by atoms with Crippen molar-refractivity contribution in [3.63, 3.8) is 0 Å². The highest BCUT2D eigenvalue weighted by Gasteiger charge is 2.27. The zero-order chi connectivity index (χ0) is 15.7. The standard InChI is InChI=1S/C11H5N3O7/c15-5-6-3-10(13(18)19)9-4-7(12(16)17)1-2-8(9)11(6)14(20)21/h1-5H. The number of hydrogen-bond acceptors (Lipinski definition) is 7. The van der Waals surface area contributed by atoms with Crippen molar-refractivity contribution < 1.29 is 19.6 Å². The molecule has 0 N–H and O–H groups in total. The highest BCUT2D eigenvalue weighted by atomic mass is 16.6. The number of nitro groups is 3. The molecule has 0 aromatic heterocycles. The van der Waals surface area contributed by atoms with E-state index in [-0.39, 0.29) is 17.1 Å². The molecule has 0 fully saturated rings. The first kappa shape index (κ1) is 14.0. The van der Waals surface area contributed by atoms with Crippen molar-refractivity contribution >= 4 is 34.1 Å². The molecule has 0 aliphatic heterocycles. The molecule has 2 aromatic carbocycles. The lowest BCUT2D eigenvalue weighted by molar-refractivity contribution is -0.387. The van der Waals surface area contributed by atoms with Gasteiger partial charge in [0, 0.05) is 18.2 Å². The van der Waals surface area contributed by atoms with E-state index in [1.807, 2.05) is 0 Å². The van der Waals surface area contributed by atoms with Gasteiger partial charge < -0.3 is 0 Å². The Morgan fingerprint density at radius 3 is 2.00 bits per heavy atom. The molecule has 0 spiro atoms. The average Bonchev–Trinajstić information content (AvgIpc) is 2.43. The number of nitro benzene ring substituents is 3. The number of rotatable bonds is 4. The van der Waals surface area contributed by atoms with Crippen LogP contribution >= 0.6 is 0 Å². The molecule has 0 unspecified atom stereocenters. The number of benzene rings is 2. The van der Waals surface area contributed by atoms with Gasteiger partial charge in [0.2, 0.25) is 0 Å². The fraction of sp³-hybridized carbons (Fsp3) is 0.